The first-order valence-electron chi connectivity index (χ1n) is 8.33. The van der Waals surface area contributed by atoms with E-state index in [4.69, 9.17) is 6.57 Å². The molecule has 0 saturated heterocycles. The highest BCUT2D eigenvalue weighted by Gasteiger charge is 2.25. The van der Waals surface area contributed by atoms with E-state index < -0.39 is 0 Å². The second-order valence-electron chi connectivity index (χ2n) is 6.49. The molecule has 0 aliphatic carbocycles. The van der Waals surface area contributed by atoms with E-state index in [9.17, 15) is 0 Å². The number of aryl methyl sites for hydroxylation is 2. The summed E-state index contributed by atoms with van der Waals surface area (Å²) in [4.78, 5) is 3.75. The van der Waals surface area contributed by atoms with Crippen LogP contribution in [0.4, 0.5) is 5.69 Å². The van der Waals surface area contributed by atoms with Crippen LogP contribution in [0, 0.1) is 13.5 Å². The average Bonchev–Trinajstić information content (AvgIpc) is 2.95. The molecule has 2 aromatic heterocycles. The van der Waals surface area contributed by atoms with Crippen LogP contribution < -0.4 is 4.57 Å². The Morgan fingerprint density at radius 2 is 1.60 bits per heavy atom. The smallest absolute Gasteiger partial charge is 0.234 e. The Kier molecular flexibility index (Phi) is 2.69. The highest BCUT2D eigenvalue weighted by molar-refractivity contribution is 6.14. The van der Waals surface area contributed by atoms with Gasteiger partial charge in [0.25, 0.3) is 5.65 Å². The Bertz CT molecular complexity index is 1370. The number of aromatic nitrogens is 2. The summed E-state index contributed by atoms with van der Waals surface area (Å²) in [6, 6.07) is 20.9. The van der Waals surface area contributed by atoms with Crippen LogP contribution in [0.1, 0.15) is 5.56 Å². The van der Waals surface area contributed by atoms with Crippen LogP contribution in [0.5, 0.6) is 0 Å². The molecule has 2 heterocycles. The van der Waals surface area contributed by atoms with Gasteiger partial charge in [0.1, 0.15) is 5.52 Å². The van der Waals surface area contributed by atoms with E-state index in [-0.39, 0.29) is 0 Å². The first-order chi connectivity index (χ1) is 12.2. The summed E-state index contributed by atoms with van der Waals surface area (Å²) in [5.74, 6) is 0. The number of hydrogen-bond donors (Lipinski definition) is 0. The molecule has 25 heavy (non-hydrogen) atoms. The lowest BCUT2D eigenvalue weighted by Gasteiger charge is -2.06. The summed E-state index contributed by atoms with van der Waals surface area (Å²) < 4.78 is 4.47. The number of rotatable bonds is 0. The van der Waals surface area contributed by atoms with Gasteiger partial charge >= 0.3 is 0 Å². The summed E-state index contributed by atoms with van der Waals surface area (Å²) in [6.45, 7) is 9.72. The van der Waals surface area contributed by atoms with Crippen molar-refractivity contribution in [1.29, 1.82) is 0 Å². The minimum Gasteiger partial charge on any atom is -0.234 e. The molecule has 3 nitrogen and oxygen atoms in total. The molecule has 0 radical (unpaired) electrons. The molecule has 3 aromatic carbocycles. The quantitative estimate of drug-likeness (QED) is 0.214. The van der Waals surface area contributed by atoms with Crippen LogP contribution >= 0.6 is 0 Å². The molecule has 0 amide bonds. The van der Waals surface area contributed by atoms with Crippen LogP contribution in [0.25, 0.3) is 43.2 Å². The van der Waals surface area contributed by atoms with Crippen molar-refractivity contribution in [2.45, 2.75) is 6.92 Å². The molecule has 0 unspecified atom stereocenters. The number of imidazole rings is 1. The molecule has 5 aromatic rings. The normalized spacial score (nSPS) is 11.6. The molecule has 0 saturated carbocycles. The predicted octanol–water partition coefficient (Wildman–Crippen LogP) is 5.08. The molecule has 0 aliphatic heterocycles. The van der Waals surface area contributed by atoms with E-state index in [0.29, 0.717) is 5.69 Å². The van der Waals surface area contributed by atoms with Crippen molar-refractivity contribution in [1.82, 2.24) is 4.40 Å². The summed E-state index contributed by atoms with van der Waals surface area (Å²) in [6.07, 6.45) is 0. The average molecular weight is 322 g/mol. The molecule has 118 valence electrons. The summed E-state index contributed by atoms with van der Waals surface area (Å²) in [5.41, 5.74) is 6.30. The number of fused-ring (bicyclic) bond motifs is 8. The molecule has 0 fully saturated rings. The van der Waals surface area contributed by atoms with E-state index in [1.807, 2.05) is 12.1 Å². The number of para-hydroxylation sites is 2. The Labute approximate surface area is 145 Å². The fourth-order valence-corrected chi connectivity index (χ4v) is 4.11. The van der Waals surface area contributed by atoms with Crippen molar-refractivity contribution in [2.75, 3.05) is 0 Å². The maximum absolute atomic E-state index is 7.57. The SMILES string of the molecule is [C-]#[N+]c1cccc2c1[n+](C)c1c3c(C)cccc3c3ccccc3n21. The highest BCUT2D eigenvalue weighted by Crippen LogP contribution is 2.34. The molecule has 0 atom stereocenters. The molecule has 0 N–H and O–H groups in total. The van der Waals surface area contributed by atoms with Gasteiger partial charge in [0.05, 0.1) is 19.0 Å². The third-order valence-corrected chi connectivity index (χ3v) is 5.15. The van der Waals surface area contributed by atoms with Crippen LogP contribution in [-0.2, 0) is 7.05 Å². The minimum atomic E-state index is 0.689. The number of pyridine rings is 1. The van der Waals surface area contributed by atoms with Gasteiger partial charge in [0.15, 0.2) is 11.0 Å². The van der Waals surface area contributed by atoms with Gasteiger partial charge in [-0.15, -0.1) is 0 Å². The zero-order valence-corrected chi connectivity index (χ0v) is 14.1. The van der Waals surface area contributed by atoms with Crippen molar-refractivity contribution >= 4 is 44.0 Å². The topological polar surface area (TPSA) is 12.7 Å². The third kappa shape index (κ3) is 1.66. The Morgan fingerprint density at radius 3 is 2.44 bits per heavy atom. The van der Waals surface area contributed by atoms with Gasteiger partial charge in [-0.1, -0.05) is 48.5 Å². The Morgan fingerprint density at radius 1 is 0.880 bits per heavy atom. The Balaban J connectivity index is 2.28. The predicted molar refractivity (Wildman–Crippen MR) is 102 cm³/mol. The lowest BCUT2D eigenvalue weighted by Crippen LogP contribution is -2.27. The monoisotopic (exact) mass is 322 g/mol. The summed E-state index contributed by atoms with van der Waals surface area (Å²) >= 11 is 0. The van der Waals surface area contributed by atoms with Gasteiger partial charge in [0, 0.05) is 10.8 Å². The largest absolute Gasteiger partial charge is 0.294 e. The van der Waals surface area contributed by atoms with Gasteiger partial charge < -0.3 is 0 Å². The van der Waals surface area contributed by atoms with E-state index >= 15 is 0 Å². The number of benzene rings is 3. The van der Waals surface area contributed by atoms with Gasteiger partial charge in [0.2, 0.25) is 5.69 Å². The van der Waals surface area contributed by atoms with E-state index in [1.54, 1.807) is 0 Å². The van der Waals surface area contributed by atoms with Gasteiger partial charge in [-0.2, -0.15) is 4.40 Å². The molecule has 0 aliphatic rings. The second kappa shape index (κ2) is 4.81. The molecule has 0 bridgehead atoms. The van der Waals surface area contributed by atoms with Crippen LogP contribution in [-0.4, -0.2) is 4.40 Å². The number of nitrogens with zero attached hydrogens (tertiary/aromatic N) is 3. The molecular formula is C22H16N3+. The standard InChI is InChI=1S/C22H16N3/c1-14-8-6-10-16-15-9-4-5-12-18(15)25-19-13-7-11-17(23-2)21(19)24(3)22(25)20(14)16/h4-13H,1,3H3/q+1. The van der Waals surface area contributed by atoms with Crippen molar-refractivity contribution in [3.05, 3.63) is 77.6 Å². The van der Waals surface area contributed by atoms with E-state index in [2.05, 4.69) is 76.3 Å². The zero-order chi connectivity index (χ0) is 17.1. The minimum absolute atomic E-state index is 0.689. The lowest BCUT2D eigenvalue weighted by atomic mass is 10.0. The first kappa shape index (κ1) is 14.0. The maximum Gasteiger partial charge on any atom is 0.294 e. The van der Waals surface area contributed by atoms with Crippen molar-refractivity contribution < 1.29 is 4.57 Å². The maximum atomic E-state index is 7.57. The molecule has 3 heteroatoms. The first-order valence-corrected chi connectivity index (χ1v) is 8.33. The van der Waals surface area contributed by atoms with Gasteiger partial charge in [-0.3, -0.25) is 0 Å². The highest BCUT2D eigenvalue weighted by atomic mass is 15.1. The third-order valence-electron chi connectivity index (χ3n) is 5.15. The van der Waals surface area contributed by atoms with Gasteiger partial charge in [-0.05, 0) is 24.6 Å². The van der Waals surface area contributed by atoms with Crippen LogP contribution in [0.2, 0.25) is 0 Å². The Hall–Kier alpha value is -3.38. The number of hydrogen-bond acceptors (Lipinski definition) is 0. The lowest BCUT2D eigenvalue weighted by molar-refractivity contribution is -0.616. The second-order valence-corrected chi connectivity index (χ2v) is 6.49. The summed E-state index contributed by atoms with van der Waals surface area (Å²) in [7, 11) is 2.06. The van der Waals surface area contributed by atoms with Crippen LogP contribution in [0.15, 0.2) is 60.7 Å². The fraction of sp³-hybridized carbons (Fsp3) is 0.0909. The van der Waals surface area contributed by atoms with Crippen LogP contribution in [0.3, 0.4) is 0 Å². The zero-order valence-electron chi connectivity index (χ0n) is 14.1. The summed E-state index contributed by atoms with van der Waals surface area (Å²) in [5, 5.41) is 3.74. The van der Waals surface area contributed by atoms with Crippen molar-refractivity contribution in [3.8, 4) is 0 Å². The molecular weight excluding hydrogens is 306 g/mol. The fourth-order valence-electron chi connectivity index (χ4n) is 4.11. The molecule has 0 spiro atoms. The van der Waals surface area contributed by atoms with Crippen molar-refractivity contribution in [3.63, 3.8) is 0 Å². The van der Waals surface area contributed by atoms with E-state index in [1.165, 1.54) is 27.2 Å². The van der Waals surface area contributed by atoms with E-state index in [0.717, 1.165) is 16.7 Å². The molecule has 5 rings (SSSR count). The van der Waals surface area contributed by atoms with Crippen molar-refractivity contribution in [2.24, 2.45) is 7.05 Å². The van der Waals surface area contributed by atoms with Gasteiger partial charge in [-0.25, -0.2) is 9.41 Å².